The fourth-order valence-electron chi connectivity index (χ4n) is 1.98. The Morgan fingerprint density at radius 2 is 1.91 bits per heavy atom. The highest BCUT2D eigenvalue weighted by atomic mass is 16.5. The number of hydrogen-bond acceptors (Lipinski definition) is 4. The Bertz CT molecular complexity index is 835. The van der Waals surface area contributed by atoms with Crippen molar-refractivity contribution >= 4 is 0 Å². The summed E-state index contributed by atoms with van der Waals surface area (Å²) in [6.07, 6.45) is 0. The predicted molar refractivity (Wildman–Crippen MR) is 81.8 cm³/mol. The molecule has 0 amide bonds. The fraction of sp³-hybridized carbons (Fsp3) is 0.176. The molecule has 0 saturated carbocycles. The summed E-state index contributed by atoms with van der Waals surface area (Å²) in [5.41, 5.74) is 0.676. The van der Waals surface area contributed by atoms with E-state index in [1.165, 1.54) is 10.6 Å². The Kier molecular flexibility index (Phi) is 4.85. The number of ether oxygens (including phenoxy) is 2. The summed E-state index contributed by atoms with van der Waals surface area (Å²) >= 11 is 0. The number of hydrogen-bond donors (Lipinski definition) is 0. The van der Waals surface area contributed by atoms with Crippen LogP contribution in [0.25, 0.3) is 0 Å². The summed E-state index contributed by atoms with van der Waals surface area (Å²) in [5.74, 6) is 6.95. The predicted octanol–water partition coefficient (Wildman–Crippen LogP) is 1.79. The van der Waals surface area contributed by atoms with Crippen LogP contribution in [-0.2, 0) is 6.54 Å². The molecule has 2 rings (SSSR count). The van der Waals surface area contributed by atoms with Gasteiger partial charge in [-0.2, -0.15) is 5.26 Å². The standard InChI is InChI=1S/C17H14N2O3/c1-21-15-9-3-6-13(17(15)22-2)7-5-11-19-14(12-18)8-4-10-16(19)20/h3-4,6,8-10H,11H2,1-2H3. The first kappa shape index (κ1) is 15.2. The molecule has 0 atom stereocenters. The van der Waals surface area contributed by atoms with Gasteiger partial charge in [-0.25, -0.2) is 0 Å². The van der Waals surface area contributed by atoms with Crippen molar-refractivity contribution in [3.8, 4) is 29.4 Å². The maximum absolute atomic E-state index is 11.8. The highest BCUT2D eigenvalue weighted by Crippen LogP contribution is 2.29. The second-order valence-corrected chi connectivity index (χ2v) is 4.29. The monoisotopic (exact) mass is 294 g/mol. The number of nitrogens with zero attached hydrogens (tertiary/aromatic N) is 2. The van der Waals surface area contributed by atoms with Crippen molar-refractivity contribution in [2.75, 3.05) is 14.2 Å². The van der Waals surface area contributed by atoms with Crippen LogP contribution in [0.2, 0.25) is 0 Å². The lowest BCUT2D eigenvalue weighted by Gasteiger charge is -2.08. The molecule has 0 radical (unpaired) electrons. The molecule has 22 heavy (non-hydrogen) atoms. The largest absolute Gasteiger partial charge is 0.493 e. The van der Waals surface area contributed by atoms with Crippen LogP contribution in [0.5, 0.6) is 11.5 Å². The van der Waals surface area contributed by atoms with Gasteiger partial charge in [-0.15, -0.1) is 0 Å². The Balaban J connectivity index is 2.34. The summed E-state index contributed by atoms with van der Waals surface area (Å²) in [4.78, 5) is 11.8. The van der Waals surface area contributed by atoms with E-state index in [0.29, 0.717) is 17.1 Å². The van der Waals surface area contributed by atoms with Crippen LogP contribution in [0.3, 0.4) is 0 Å². The molecule has 0 N–H and O–H groups in total. The number of para-hydroxylation sites is 1. The van der Waals surface area contributed by atoms with E-state index in [9.17, 15) is 4.79 Å². The molecule has 0 spiro atoms. The molecule has 1 aromatic carbocycles. The average molecular weight is 294 g/mol. The minimum absolute atomic E-state index is 0.128. The van der Waals surface area contributed by atoms with Gasteiger partial charge < -0.3 is 9.47 Å². The summed E-state index contributed by atoms with van der Waals surface area (Å²) in [6.45, 7) is 0.128. The fourth-order valence-corrected chi connectivity index (χ4v) is 1.98. The summed E-state index contributed by atoms with van der Waals surface area (Å²) < 4.78 is 11.8. The molecule has 0 aliphatic rings. The van der Waals surface area contributed by atoms with Gasteiger partial charge in [0.25, 0.3) is 5.56 Å². The second kappa shape index (κ2) is 7.01. The van der Waals surface area contributed by atoms with Crippen molar-refractivity contribution < 1.29 is 9.47 Å². The van der Waals surface area contributed by atoms with E-state index < -0.39 is 0 Å². The Morgan fingerprint density at radius 1 is 1.14 bits per heavy atom. The minimum Gasteiger partial charge on any atom is -0.493 e. The van der Waals surface area contributed by atoms with Crippen molar-refractivity contribution in [2.45, 2.75) is 6.54 Å². The van der Waals surface area contributed by atoms with Crippen molar-refractivity contribution in [1.29, 1.82) is 5.26 Å². The van der Waals surface area contributed by atoms with Gasteiger partial charge in [-0.05, 0) is 18.2 Å². The maximum atomic E-state index is 11.8. The van der Waals surface area contributed by atoms with E-state index in [1.807, 2.05) is 6.07 Å². The summed E-state index contributed by atoms with van der Waals surface area (Å²) in [6, 6.07) is 11.9. The van der Waals surface area contributed by atoms with Gasteiger partial charge in [-0.3, -0.25) is 9.36 Å². The maximum Gasteiger partial charge on any atom is 0.252 e. The zero-order valence-corrected chi connectivity index (χ0v) is 12.3. The number of aromatic nitrogens is 1. The molecule has 1 aromatic heterocycles. The van der Waals surface area contributed by atoms with Crippen LogP contribution >= 0.6 is 0 Å². The lowest BCUT2D eigenvalue weighted by atomic mass is 10.2. The zero-order chi connectivity index (χ0) is 15.9. The van der Waals surface area contributed by atoms with Crippen LogP contribution in [0, 0.1) is 23.2 Å². The van der Waals surface area contributed by atoms with Crippen molar-refractivity contribution in [3.05, 3.63) is 58.0 Å². The molecule has 2 aromatic rings. The van der Waals surface area contributed by atoms with Crippen molar-refractivity contribution in [1.82, 2.24) is 4.57 Å². The highest BCUT2D eigenvalue weighted by molar-refractivity contribution is 5.54. The van der Waals surface area contributed by atoms with Gasteiger partial charge in [0.1, 0.15) is 11.8 Å². The van der Waals surface area contributed by atoms with Crippen molar-refractivity contribution in [2.24, 2.45) is 0 Å². The molecule has 0 aliphatic carbocycles. The van der Waals surface area contributed by atoms with Gasteiger partial charge in [-0.1, -0.05) is 24.0 Å². The number of benzene rings is 1. The molecule has 0 unspecified atom stereocenters. The molecule has 0 aliphatic heterocycles. The van der Waals surface area contributed by atoms with E-state index in [2.05, 4.69) is 11.8 Å². The molecule has 1 heterocycles. The smallest absolute Gasteiger partial charge is 0.252 e. The normalized spacial score (nSPS) is 9.32. The molecule has 5 heteroatoms. The Labute approximate surface area is 128 Å². The Morgan fingerprint density at radius 3 is 2.59 bits per heavy atom. The minimum atomic E-state index is -0.258. The van der Waals surface area contributed by atoms with E-state index in [4.69, 9.17) is 14.7 Å². The first-order chi connectivity index (χ1) is 10.7. The molecule has 0 bridgehead atoms. The second-order valence-electron chi connectivity index (χ2n) is 4.29. The van der Waals surface area contributed by atoms with E-state index >= 15 is 0 Å². The molecule has 0 saturated heterocycles. The highest BCUT2D eigenvalue weighted by Gasteiger charge is 2.07. The number of nitriles is 1. The quantitative estimate of drug-likeness (QED) is 0.810. The number of pyridine rings is 1. The molecular formula is C17H14N2O3. The first-order valence-electron chi connectivity index (χ1n) is 6.51. The molecule has 110 valence electrons. The SMILES string of the molecule is COc1cccc(C#CCn2c(C#N)cccc2=O)c1OC. The van der Waals surface area contributed by atoms with Crippen LogP contribution < -0.4 is 15.0 Å². The molecule has 0 fully saturated rings. The van der Waals surface area contributed by atoms with E-state index in [0.717, 1.165) is 0 Å². The molecular weight excluding hydrogens is 280 g/mol. The van der Waals surface area contributed by atoms with Gasteiger partial charge in [0, 0.05) is 6.07 Å². The lowest BCUT2D eigenvalue weighted by molar-refractivity contribution is 0.354. The third-order valence-electron chi connectivity index (χ3n) is 3.03. The van der Waals surface area contributed by atoms with Crippen LogP contribution in [0.15, 0.2) is 41.2 Å². The van der Waals surface area contributed by atoms with Gasteiger partial charge in [0.15, 0.2) is 11.5 Å². The molecule has 5 nitrogen and oxygen atoms in total. The number of methoxy groups -OCH3 is 2. The lowest BCUT2D eigenvalue weighted by Crippen LogP contribution is -2.20. The summed E-state index contributed by atoms with van der Waals surface area (Å²) in [5, 5.41) is 9.02. The Hall–Kier alpha value is -3.18. The van der Waals surface area contributed by atoms with E-state index in [-0.39, 0.29) is 17.8 Å². The first-order valence-corrected chi connectivity index (χ1v) is 6.51. The van der Waals surface area contributed by atoms with E-state index in [1.54, 1.807) is 44.6 Å². The van der Waals surface area contributed by atoms with Crippen LogP contribution in [0.4, 0.5) is 0 Å². The topological polar surface area (TPSA) is 64.2 Å². The van der Waals surface area contributed by atoms with Crippen LogP contribution in [0.1, 0.15) is 11.3 Å². The summed E-state index contributed by atoms with van der Waals surface area (Å²) in [7, 11) is 3.09. The third kappa shape index (κ3) is 3.11. The van der Waals surface area contributed by atoms with Crippen molar-refractivity contribution in [3.63, 3.8) is 0 Å². The third-order valence-corrected chi connectivity index (χ3v) is 3.03. The van der Waals surface area contributed by atoms with Gasteiger partial charge in [0.2, 0.25) is 0 Å². The van der Waals surface area contributed by atoms with Gasteiger partial charge in [0.05, 0.1) is 26.3 Å². The average Bonchev–Trinajstić information content (AvgIpc) is 2.55. The van der Waals surface area contributed by atoms with Gasteiger partial charge >= 0.3 is 0 Å². The van der Waals surface area contributed by atoms with Crippen LogP contribution in [-0.4, -0.2) is 18.8 Å². The number of rotatable bonds is 3. The zero-order valence-electron chi connectivity index (χ0n) is 12.3.